The van der Waals surface area contributed by atoms with Gasteiger partial charge in [0.15, 0.2) is 0 Å². The first-order chi connectivity index (χ1) is 4.63. The molecule has 0 aliphatic carbocycles. The first kappa shape index (κ1) is 8.28. The van der Waals surface area contributed by atoms with Crippen molar-refractivity contribution in [1.82, 2.24) is 4.90 Å². The average molecular weight is 157 g/mol. The molecule has 10 heavy (non-hydrogen) atoms. The quantitative estimate of drug-likeness (QED) is 0.503. The standard InChI is InChI=1S/C8H19NSi/c1-6-4-5-7(2)9(6)8(3)10/h6-8H,4-5H2,1-3,10H3. The largest absolute Gasteiger partial charge is 0.299 e. The Balaban J connectivity index is 2.54. The minimum absolute atomic E-state index is 0.850. The molecule has 0 amide bonds. The van der Waals surface area contributed by atoms with Gasteiger partial charge in [0, 0.05) is 22.3 Å². The lowest BCUT2D eigenvalue weighted by atomic mass is 10.2. The molecule has 0 aromatic heterocycles. The van der Waals surface area contributed by atoms with Crippen LogP contribution in [0.2, 0.25) is 0 Å². The maximum atomic E-state index is 2.67. The molecule has 0 radical (unpaired) electrons. The lowest BCUT2D eigenvalue weighted by molar-refractivity contribution is 0.202. The molecule has 2 heteroatoms. The minimum atomic E-state index is 0.850. The van der Waals surface area contributed by atoms with Crippen LogP contribution in [0.25, 0.3) is 0 Å². The summed E-state index contributed by atoms with van der Waals surface area (Å²) in [6, 6.07) is 1.70. The van der Waals surface area contributed by atoms with Gasteiger partial charge in [-0.05, 0) is 32.4 Å². The van der Waals surface area contributed by atoms with Gasteiger partial charge in [-0.25, -0.2) is 0 Å². The Morgan fingerprint density at radius 3 is 1.90 bits per heavy atom. The molecule has 0 N–H and O–H groups in total. The third-order valence-corrected chi connectivity index (χ3v) is 3.21. The Kier molecular flexibility index (Phi) is 2.53. The first-order valence-corrected chi connectivity index (χ1v) is 5.56. The summed E-state index contributed by atoms with van der Waals surface area (Å²) in [6.45, 7) is 7.07. The fraction of sp³-hybridized carbons (Fsp3) is 1.00. The van der Waals surface area contributed by atoms with E-state index < -0.39 is 0 Å². The van der Waals surface area contributed by atoms with Gasteiger partial charge in [0.1, 0.15) is 0 Å². The van der Waals surface area contributed by atoms with Crippen molar-refractivity contribution in [1.29, 1.82) is 0 Å². The zero-order valence-corrected chi connectivity index (χ0v) is 9.59. The number of rotatable bonds is 1. The van der Waals surface area contributed by atoms with Crippen LogP contribution in [-0.2, 0) is 0 Å². The molecule has 1 saturated heterocycles. The van der Waals surface area contributed by atoms with Gasteiger partial charge in [0.2, 0.25) is 0 Å². The Morgan fingerprint density at radius 1 is 1.30 bits per heavy atom. The van der Waals surface area contributed by atoms with Crippen LogP contribution in [0.1, 0.15) is 33.6 Å². The Bertz CT molecular complexity index is 104. The topological polar surface area (TPSA) is 3.24 Å². The SMILES string of the molecule is CC([SiH3])N1C(C)CCC1C. The van der Waals surface area contributed by atoms with Crippen LogP contribution in [0.4, 0.5) is 0 Å². The van der Waals surface area contributed by atoms with Crippen LogP contribution in [-0.4, -0.2) is 32.9 Å². The van der Waals surface area contributed by atoms with E-state index in [1.54, 1.807) is 0 Å². The van der Waals surface area contributed by atoms with Crippen LogP contribution >= 0.6 is 0 Å². The normalized spacial score (nSPS) is 38.7. The van der Waals surface area contributed by atoms with Crippen molar-refractivity contribution in [2.24, 2.45) is 0 Å². The molecule has 1 aliphatic rings. The van der Waals surface area contributed by atoms with E-state index in [0.717, 1.165) is 17.7 Å². The van der Waals surface area contributed by atoms with Crippen LogP contribution in [0.5, 0.6) is 0 Å². The molecule has 1 aliphatic heterocycles. The summed E-state index contributed by atoms with van der Waals surface area (Å²) < 4.78 is 0. The van der Waals surface area contributed by atoms with Crippen LogP contribution in [0.15, 0.2) is 0 Å². The number of hydrogen-bond acceptors (Lipinski definition) is 1. The van der Waals surface area contributed by atoms with Crippen molar-refractivity contribution in [2.45, 2.75) is 51.4 Å². The molecule has 1 rings (SSSR count). The van der Waals surface area contributed by atoms with E-state index in [1.807, 2.05) is 0 Å². The van der Waals surface area contributed by atoms with E-state index in [4.69, 9.17) is 0 Å². The predicted molar refractivity (Wildman–Crippen MR) is 49.4 cm³/mol. The second-order valence-electron chi connectivity index (χ2n) is 3.82. The van der Waals surface area contributed by atoms with Crippen molar-refractivity contribution in [3.63, 3.8) is 0 Å². The zero-order chi connectivity index (χ0) is 7.72. The third-order valence-electron chi connectivity index (χ3n) is 2.62. The maximum absolute atomic E-state index is 2.67. The lowest BCUT2D eigenvalue weighted by Gasteiger charge is -2.30. The average Bonchev–Trinajstić information content (AvgIpc) is 2.11. The summed E-state index contributed by atoms with van der Waals surface area (Å²) in [6.07, 6.45) is 2.82. The van der Waals surface area contributed by atoms with E-state index >= 15 is 0 Å². The van der Waals surface area contributed by atoms with Gasteiger partial charge in [-0.3, -0.25) is 4.90 Å². The van der Waals surface area contributed by atoms with E-state index in [0.29, 0.717) is 0 Å². The molecule has 0 saturated carbocycles. The Hall–Kier alpha value is 0.177. The second kappa shape index (κ2) is 3.05. The summed E-state index contributed by atoms with van der Waals surface area (Å²) in [5, 5.41) is 0. The second-order valence-corrected chi connectivity index (χ2v) is 5.49. The predicted octanol–water partition coefficient (Wildman–Crippen LogP) is 0.571. The molecule has 0 spiro atoms. The highest BCUT2D eigenvalue weighted by Crippen LogP contribution is 2.24. The molecule has 60 valence electrons. The Morgan fingerprint density at radius 2 is 1.70 bits per heavy atom. The summed E-state index contributed by atoms with van der Waals surface area (Å²) in [5.41, 5.74) is 0.868. The highest BCUT2D eigenvalue weighted by molar-refractivity contribution is 6.11. The highest BCUT2D eigenvalue weighted by Gasteiger charge is 2.28. The molecule has 1 nitrogen and oxygen atoms in total. The highest BCUT2D eigenvalue weighted by atomic mass is 28.1. The summed E-state index contributed by atoms with van der Waals surface area (Å²) in [7, 11) is 1.31. The van der Waals surface area contributed by atoms with Gasteiger partial charge < -0.3 is 0 Å². The van der Waals surface area contributed by atoms with Crippen LogP contribution in [0.3, 0.4) is 0 Å². The monoisotopic (exact) mass is 157 g/mol. The van der Waals surface area contributed by atoms with Crippen molar-refractivity contribution < 1.29 is 0 Å². The van der Waals surface area contributed by atoms with Gasteiger partial charge in [0.25, 0.3) is 0 Å². The summed E-state index contributed by atoms with van der Waals surface area (Å²) in [4.78, 5) is 2.67. The van der Waals surface area contributed by atoms with Gasteiger partial charge in [0.05, 0.1) is 0 Å². The van der Waals surface area contributed by atoms with Crippen LogP contribution in [0, 0.1) is 0 Å². The van der Waals surface area contributed by atoms with Gasteiger partial charge >= 0.3 is 0 Å². The molecule has 3 unspecified atom stereocenters. The van der Waals surface area contributed by atoms with E-state index in [9.17, 15) is 0 Å². The third kappa shape index (κ3) is 1.43. The number of nitrogens with zero attached hydrogens (tertiary/aromatic N) is 1. The summed E-state index contributed by atoms with van der Waals surface area (Å²) in [5.74, 6) is 0. The first-order valence-electron chi connectivity index (χ1n) is 4.40. The molecule has 0 bridgehead atoms. The van der Waals surface area contributed by atoms with Crippen molar-refractivity contribution in [3.8, 4) is 0 Å². The Labute approximate surface area is 67.2 Å². The van der Waals surface area contributed by atoms with Crippen molar-refractivity contribution >= 4 is 10.2 Å². The van der Waals surface area contributed by atoms with Crippen LogP contribution < -0.4 is 0 Å². The molecule has 3 atom stereocenters. The van der Waals surface area contributed by atoms with Gasteiger partial charge in [-0.1, -0.05) is 6.92 Å². The molecule has 0 aromatic carbocycles. The number of hydrogen-bond donors (Lipinski definition) is 0. The van der Waals surface area contributed by atoms with E-state index in [-0.39, 0.29) is 0 Å². The van der Waals surface area contributed by atoms with Gasteiger partial charge in [-0.2, -0.15) is 0 Å². The number of likely N-dealkylation sites (tertiary alicyclic amines) is 1. The molecular weight excluding hydrogens is 138 g/mol. The molecule has 0 aromatic rings. The lowest BCUT2D eigenvalue weighted by Crippen LogP contribution is -2.40. The molecule has 1 fully saturated rings. The molecule has 1 heterocycles. The van der Waals surface area contributed by atoms with E-state index in [1.165, 1.54) is 23.1 Å². The molecular formula is C8H19NSi. The van der Waals surface area contributed by atoms with Crippen molar-refractivity contribution in [2.75, 3.05) is 0 Å². The van der Waals surface area contributed by atoms with Gasteiger partial charge in [-0.15, -0.1) is 0 Å². The fourth-order valence-electron chi connectivity index (χ4n) is 2.23. The van der Waals surface area contributed by atoms with E-state index in [2.05, 4.69) is 25.7 Å². The van der Waals surface area contributed by atoms with Crippen molar-refractivity contribution in [3.05, 3.63) is 0 Å². The minimum Gasteiger partial charge on any atom is -0.299 e. The maximum Gasteiger partial charge on any atom is 0.0241 e. The fourth-order valence-corrected chi connectivity index (χ4v) is 3.25. The smallest absolute Gasteiger partial charge is 0.0241 e. The zero-order valence-electron chi connectivity index (χ0n) is 7.59. The summed E-state index contributed by atoms with van der Waals surface area (Å²) >= 11 is 0.